The molecular formula is C21H27FN2O2. The van der Waals surface area contributed by atoms with E-state index in [-0.39, 0.29) is 12.4 Å². The number of halogens is 1. The molecule has 26 heavy (non-hydrogen) atoms. The molecule has 0 unspecified atom stereocenters. The van der Waals surface area contributed by atoms with Crippen LogP contribution in [0.3, 0.4) is 0 Å². The normalized spacial score (nSPS) is 15.0. The quantitative estimate of drug-likeness (QED) is 0.758. The highest BCUT2D eigenvalue weighted by Crippen LogP contribution is 2.29. The summed E-state index contributed by atoms with van der Waals surface area (Å²) in [7, 11) is 1.62. The van der Waals surface area contributed by atoms with E-state index in [1.54, 1.807) is 25.3 Å². The molecular weight excluding hydrogens is 331 g/mol. The van der Waals surface area contributed by atoms with Gasteiger partial charge in [0.2, 0.25) is 0 Å². The largest absolute Gasteiger partial charge is 0.493 e. The lowest BCUT2D eigenvalue weighted by Gasteiger charge is -2.23. The average Bonchev–Trinajstić information content (AvgIpc) is 2.68. The minimum atomic E-state index is -0.259. The molecule has 1 aliphatic rings. The van der Waals surface area contributed by atoms with Gasteiger partial charge >= 0.3 is 0 Å². The third kappa shape index (κ3) is 5.19. The van der Waals surface area contributed by atoms with Crippen molar-refractivity contribution in [3.05, 3.63) is 59.4 Å². The third-order valence-corrected chi connectivity index (χ3v) is 4.79. The van der Waals surface area contributed by atoms with Crippen LogP contribution in [-0.4, -0.2) is 26.7 Å². The summed E-state index contributed by atoms with van der Waals surface area (Å²) in [6, 6.07) is 12.5. The smallest absolute Gasteiger partial charge is 0.161 e. The molecule has 0 bridgehead atoms. The van der Waals surface area contributed by atoms with E-state index < -0.39 is 0 Å². The van der Waals surface area contributed by atoms with Crippen molar-refractivity contribution in [3.8, 4) is 11.5 Å². The molecule has 140 valence electrons. The third-order valence-electron chi connectivity index (χ3n) is 4.79. The second-order valence-electron chi connectivity index (χ2n) is 6.69. The highest BCUT2D eigenvalue weighted by molar-refractivity contribution is 5.43. The van der Waals surface area contributed by atoms with Gasteiger partial charge in [-0.25, -0.2) is 4.39 Å². The van der Waals surface area contributed by atoms with Crippen LogP contribution in [0.2, 0.25) is 0 Å². The standard InChI is InChI=1S/C21H27FN2O2/c1-25-21-12-17(14-24-13-16-8-10-23-11-9-16)6-7-20(21)26-15-18-4-2-3-5-19(18)22/h2-7,12,16,23-24H,8-11,13-15H2,1H3. The van der Waals surface area contributed by atoms with Gasteiger partial charge in [-0.05, 0) is 62.2 Å². The Kier molecular flexibility index (Phi) is 6.86. The van der Waals surface area contributed by atoms with E-state index in [0.717, 1.165) is 37.7 Å². The van der Waals surface area contributed by atoms with Gasteiger partial charge in [-0.3, -0.25) is 0 Å². The molecule has 1 aliphatic heterocycles. The van der Waals surface area contributed by atoms with E-state index in [0.29, 0.717) is 17.1 Å². The molecule has 0 saturated carbocycles. The number of rotatable bonds is 8. The van der Waals surface area contributed by atoms with Gasteiger partial charge in [0.1, 0.15) is 12.4 Å². The van der Waals surface area contributed by atoms with Gasteiger partial charge in [-0.1, -0.05) is 24.3 Å². The Morgan fingerprint density at radius 3 is 2.69 bits per heavy atom. The summed E-state index contributed by atoms with van der Waals surface area (Å²) < 4.78 is 24.9. The number of benzene rings is 2. The van der Waals surface area contributed by atoms with E-state index in [4.69, 9.17) is 9.47 Å². The molecule has 5 heteroatoms. The van der Waals surface area contributed by atoms with E-state index >= 15 is 0 Å². The maximum Gasteiger partial charge on any atom is 0.161 e. The van der Waals surface area contributed by atoms with Crippen LogP contribution in [0.4, 0.5) is 4.39 Å². The van der Waals surface area contributed by atoms with Gasteiger partial charge in [0.25, 0.3) is 0 Å². The number of hydrogen-bond acceptors (Lipinski definition) is 4. The van der Waals surface area contributed by atoms with E-state index in [9.17, 15) is 4.39 Å². The van der Waals surface area contributed by atoms with Crippen LogP contribution in [0, 0.1) is 11.7 Å². The predicted molar refractivity (Wildman–Crippen MR) is 101 cm³/mol. The number of nitrogens with one attached hydrogen (secondary N) is 2. The minimum absolute atomic E-state index is 0.177. The fraction of sp³-hybridized carbons (Fsp3) is 0.429. The van der Waals surface area contributed by atoms with Crippen molar-refractivity contribution in [3.63, 3.8) is 0 Å². The molecule has 3 rings (SSSR count). The number of piperidine rings is 1. The molecule has 4 nitrogen and oxygen atoms in total. The molecule has 2 N–H and O–H groups in total. The zero-order chi connectivity index (χ0) is 18.2. The first-order chi connectivity index (χ1) is 12.8. The summed E-state index contributed by atoms with van der Waals surface area (Å²) in [6.07, 6.45) is 2.47. The Balaban J connectivity index is 1.54. The van der Waals surface area contributed by atoms with E-state index in [2.05, 4.69) is 10.6 Å². The molecule has 0 atom stereocenters. The molecule has 1 heterocycles. The molecule has 0 aliphatic carbocycles. The first-order valence-electron chi connectivity index (χ1n) is 9.21. The Morgan fingerprint density at radius 2 is 1.92 bits per heavy atom. The molecule has 0 spiro atoms. The predicted octanol–water partition coefficient (Wildman–Crippen LogP) is 3.50. The first-order valence-corrected chi connectivity index (χ1v) is 9.21. The van der Waals surface area contributed by atoms with Crippen LogP contribution in [0.1, 0.15) is 24.0 Å². The van der Waals surface area contributed by atoms with Gasteiger partial charge in [0, 0.05) is 12.1 Å². The van der Waals surface area contributed by atoms with Crippen LogP contribution in [0.5, 0.6) is 11.5 Å². The molecule has 0 radical (unpaired) electrons. The van der Waals surface area contributed by atoms with Crippen molar-refractivity contribution in [1.29, 1.82) is 0 Å². The molecule has 2 aromatic carbocycles. The topological polar surface area (TPSA) is 42.5 Å². The fourth-order valence-electron chi connectivity index (χ4n) is 3.22. The van der Waals surface area contributed by atoms with Crippen molar-refractivity contribution >= 4 is 0 Å². The lowest BCUT2D eigenvalue weighted by molar-refractivity contribution is 0.279. The Morgan fingerprint density at radius 1 is 1.12 bits per heavy atom. The van der Waals surface area contributed by atoms with Gasteiger partial charge in [0.05, 0.1) is 7.11 Å². The zero-order valence-corrected chi connectivity index (χ0v) is 15.3. The van der Waals surface area contributed by atoms with Crippen LogP contribution < -0.4 is 20.1 Å². The molecule has 2 aromatic rings. The summed E-state index contributed by atoms with van der Waals surface area (Å²) in [5, 5.41) is 6.92. The monoisotopic (exact) mass is 358 g/mol. The molecule has 1 fully saturated rings. The van der Waals surface area contributed by atoms with E-state index in [1.807, 2.05) is 18.2 Å². The first kappa shape index (κ1) is 18.7. The second-order valence-corrected chi connectivity index (χ2v) is 6.69. The highest BCUT2D eigenvalue weighted by Gasteiger charge is 2.12. The SMILES string of the molecule is COc1cc(CNCC2CCNCC2)ccc1OCc1ccccc1F. The van der Waals surface area contributed by atoms with Gasteiger partial charge in [-0.2, -0.15) is 0 Å². The summed E-state index contributed by atoms with van der Waals surface area (Å²) in [6.45, 7) is 4.25. The van der Waals surface area contributed by atoms with Gasteiger partial charge in [-0.15, -0.1) is 0 Å². The van der Waals surface area contributed by atoms with Crippen molar-refractivity contribution in [2.24, 2.45) is 5.92 Å². The second kappa shape index (κ2) is 9.55. The number of ether oxygens (including phenoxy) is 2. The molecule has 0 amide bonds. The fourth-order valence-corrected chi connectivity index (χ4v) is 3.22. The van der Waals surface area contributed by atoms with Crippen LogP contribution in [0.15, 0.2) is 42.5 Å². The summed E-state index contributed by atoms with van der Waals surface area (Å²) in [4.78, 5) is 0. The van der Waals surface area contributed by atoms with Crippen molar-refractivity contribution in [2.45, 2.75) is 26.0 Å². The lowest BCUT2D eigenvalue weighted by Crippen LogP contribution is -2.33. The van der Waals surface area contributed by atoms with Crippen molar-refractivity contribution < 1.29 is 13.9 Å². The molecule has 0 aromatic heterocycles. The van der Waals surface area contributed by atoms with Crippen molar-refractivity contribution in [1.82, 2.24) is 10.6 Å². The maximum absolute atomic E-state index is 13.7. The average molecular weight is 358 g/mol. The van der Waals surface area contributed by atoms with Crippen molar-refractivity contribution in [2.75, 3.05) is 26.7 Å². The minimum Gasteiger partial charge on any atom is -0.493 e. The summed E-state index contributed by atoms with van der Waals surface area (Å²) >= 11 is 0. The van der Waals surface area contributed by atoms with Gasteiger partial charge < -0.3 is 20.1 Å². The van der Waals surface area contributed by atoms with E-state index in [1.165, 1.54) is 18.9 Å². The summed E-state index contributed by atoms with van der Waals surface area (Å²) in [5.41, 5.74) is 1.68. The lowest BCUT2D eigenvalue weighted by atomic mass is 9.98. The zero-order valence-electron chi connectivity index (χ0n) is 15.3. The number of methoxy groups -OCH3 is 1. The maximum atomic E-state index is 13.7. The van der Waals surface area contributed by atoms with Crippen LogP contribution in [0.25, 0.3) is 0 Å². The van der Waals surface area contributed by atoms with Crippen LogP contribution in [-0.2, 0) is 13.2 Å². The Bertz CT molecular complexity index is 702. The highest BCUT2D eigenvalue weighted by atomic mass is 19.1. The Labute approximate surface area is 154 Å². The molecule has 1 saturated heterocycles. The summed E-state index contributed by atoms with van der Waals surface area (Å²) in [5.74, 6) is 1.78. The number of hydrogen-bond donors (Lipinski definition) is 2. The Hall–Kier alpha value is -2.11. The van der Waals surface area contributed by atoms with Gasteiger partial charge in [0.15, 0.2) is 11.5 Å². The van der Waals surface area contributed by atoms with Crippen LogP contribution >= 0.6 is 0 Å².